The summed E-state index contributed by atoms with van der Waals surface area (Å²) in [6.45, 7) is 0. The Labute approximate surface area is 90.1 Å². The molecule has 1 N–H and O–H groups in total. The maximum absolute atomic E-state index is 11.1. The van der Waals surface area contributed by atoms with Gasteiger partial charge < -0.3 is 9.52 Å². The van der Waals surface area contributed by atoms with Gasteiger partial charge in [-0.25, -0.2) is 4.79 Å². The Morgan fingerprint density at radius 1 is 1.25 bits per heavy atom. The fraction of sp³-hybridized carbons (Fsp3) is 0. The van der Waals surface area contributed by atoms with E-state index in [-0.39, 0.29) is 5.56 Å². The van der Waals surface area contributed by atoms with E-state index in [2.05, 4.69) is 4.98 Å². The minimum atomic E-state index is -0.961. The van der Waals surface area contributed by atoms with Gasteiger partial charge in [0.2, 0.25) is 0 Å². The molecule has 4 nitrogen and oxygen atoms in total. The lowest BCUT2D eigenvalue weighted by Gasteiger charge is -1.95. The highest BCUT2D eigenvalue weighted by Gasteiger charge is 2.14. The van der Waals surface area contributed by atoms with Crippen LogP contribution in [0, 0.1) is 0 Å². The average Bonchev–Trinajstić information content (AvgIpc) is 2.66. The first-order valence-electron chi connectivity index (χ1n) is 4.76. The maximum atomic E-state index is 11.1. The highest BCUT2D eigenvalue weighted by molar-refractivity contribution is 6.14. The number of aromatic carboxylic acids is 1. The van der Waals surface area contributed by atoms with Crippen LogP contribution in [0.3, 0.4) is 0 Å². The van der Waals surface area contributed by atoms with Crippen LogP contribution in [0.4, 0.5) is 0 Å². The summed E-state index contributed by atoms with van der Waals surface area (Å²) in [6.07, 6.45) is 3.23. The molecule has 0 atom stereocenters. The number of nitrogens with zero attached hydrogens (tertiary/aromatic N) is 1. The van der Waals surface area contributed by atoms with Crippen molar-refractivity contribution in [1.29, 1.82) is 0 Å². The lowest BCUT2D eigenvalue weighted by Crippen LogP contribution is -1.95. The van der Waals surface area contributed by atoms with Crippen molar-refractivity contribution in [3.05, 3.63) is 42.2 Å². The monoisotopic (exact) mass is 213 g/mol. The highest BCUT2D eigenvalue weighted by atomic mass is 16.4. The Hall–Kier alpha value is -2.36. The topological polar surface area (TPSA) is 63.3 Å². The van der Waals surface area contributed by atoms with Crippen molar-refractivity contribution < 1.29 is 14.3 Å². The Morgan fingerprint density at radius 3 is 2.94 bits per heavy atom. The Morgan fingerprint density at radius 2 is 2.12 bits per heavy atom. The van der Waals surface area contributed by atoms with E-state index in [0.29, 0.717) is 16.6 Å². The molecule has 0 aliphatic heterocycles. The van der Waals surface area contributed by atoms with Gasteiger partial charge in [0.15, 0.2) is 0 Å². The minimum absolute atomic E-state index is 0.240. The molecule has 0 radical (unpaired) electrons. The van der Waals surface area contributed by atoms with Gasteiger partial charge in [0.05, 0.1) is 5.56 Å². The highest BCUT2D eigenvalue weighted by Crippen LogP contribution is 2.30. The van der Waals surface area contributed by atoms with E-state index in [9.17, 15) is 4.79 Å². The van der Waals surface area contributed by atoms with Crippen molar-refractivity contribution in [3.8, 4) is 0 Å². The molecule has 0 spiro atoms. The Kier molecular flexibility index (Phi) is 1.71. The predicted molar refractivity (Wildman–Crippen MR) is 58.5 cm³/mol. The summed E-state index contributed by atoms with van der Waals surface area (Å²) in [5, 5.41) is 10.4. The number of hydrogen-bond donors (Lipinski definition) is 1. The van der Waals surface area contributed by atoms with Crippen molar-refractivity contribution in [2.75, 3.05) is 0 Å². The van der Waals surface area contributed by atoms with Crippen LogP contribution in [0.25, 0.3) is 21.9 Å². The second-order valence-corrected chi connectivity index (χ2v) is 3.46. The van der Waals surface area contributed by atoms with Crippen molar-refractivity contribution >= 4 is 27.9 Å². The summed E-state index contributed by atoms with van der Waals surface area (Å²) >= 11 is 0. The normalized spacial score (nSPS) is 11.0. The van der Waals surface area contributed by atoms with Crippen molar-refractivity contribution in [1.82, 2.24) is 4.98 Å². The van der Waals surface area contributed by atoms with Gasteiger partial charge in [-0.1, -0.05) is 6.07 Å². The zero-order chi connectivity index (χ0) is 11.1. The molecule has 0 amide bonds. The fourth-order valence-corrected chi connectivity index (χ4v) is 1.85. The number of carboxylic acids is 1. The van der Waals surface area contributed by atoms with Crippen LogP contribution in [-0.4, -0.2) is 16.1 Å². The number of carbonyl (C=O) groups is 1. The van der Waals surface area contributed by atoms with Gasteiger partial charge in [-0.2, -0.15) is 0 Å². The molecule has 0 aliphatic carbocycles. The van der Waals surface area contributed by atoms with Gasteiger partial charge in [-0.05, 0) is 18.2 Å². The van der Waals surface area contributed by atoms with Crippen molar-refractivity contribution in [2.45, 2.75) is 0 Å². The zero-order valence-electron chi connectivity index (χ0n) is 8.18. The Balaban J connectivity index is 2.57. The third-order valence-corrected chi connectivity index (χ3v) is 2.53. The average molecular weight is 213 g/mol. The van der Waals surface area contributed by atoms with Crippen LogP contribution in [0.1, 0.15) is 10.4 Å². The van der Waals surface area contributed by atoms with E-state index in [1.807, 2.05) is 0 Å². The van der Waals surface area contributed by atoms with Gasteiger partial charge in [0, 0.05) is 23.2 Å². The van der Waals surface area contributed by atoms with E-state index in [1.54, 1.807) is 36.7 Å². The van der Waals surface area contributed by atoms with Gasteiger partial charge in [-0.15, -0.1) is 0 Å². The molecule has 78 valence electrons. The quantitative estimate of drug-likeness (QED) is 0.675. The van der Waals surface area contributed by atoms with Crippen LogP contribution >= 0.6 is 0 Å². The first kappa shape index (κ1) is 8.91. The number of fused-ring (bicyclic) bond motifs is 3. The van der Waals surface area contributed by atoms with Crippen LogP contribution in [-0.2, 0) is 0 Å². The lowest BCUT2D eigenvalue weighted by molar-refractivity contribution is 0.0699. The summed E-state index contributed by atoms with van der Waals surface area (Å²) in [6, 6.07) is 6.71. The molecule has 16 heavy (non-hydrogen) atoms. The molecule has 0 unspecified atom stereocenters. The van der Waals surface area contributed by atoms with Gasteiger partial charge >= 0.3 is 5.97 Å². The Bertz CT molecular complexity index is 700. The zero-order valence-corrected chi connectivity index (χ0v) is 8.18. The van der Waals surface area contributed by atoms with Crippen LogP contribution in [0.15, 0.2) is 41.1 Å². The molecule has 0 fully saturated rings. The molecule has 0 saturated carbocycles. The molecule has 0 bridgehead atoms. The molecule has 4 heteroatoms. The molecule has 2 aromatic heterocycles. The molecular weight excluding hydrogens is 206 g/mol. The van der Waals surface area contributed by atoms with E-state index in [0.717, 1.165) is 5.39 Å². The summed E-state index contributed by atoms with van der Waals surface area (Å²) in [5.74, 6) is -0.961. The molecular formula is C12H7NO3. The van der Waals surface area contributed by atoms with E-state index in [1.165, 1.54) is 0 Å². The molecule has 3 aromatic rings. The van der Waals surface area contributed by atoms with Crippen LogP contribution in [0.5, 0.6) is 0 Å². The van der Waals surface area contributed by atoms with Gasteiger partial charge in [-0.3, -0.25) is 4.98 Å². The minimum Gasteiger partial charge on any atom is -0.478 e. The third kappa shape index (κ3) is 1.10. The van der Waals surface area contributed by atoms with Crippen LogP contribution in [0.2, 0.25) is 0 Å². The van der Waals surface area contributed by atoms with Gasteiger partial charge in [0.1, 0.15) is 11.2 Å². The number of hydrogen-bond acceptors (Lipinski definition) is 3. The number of pyridine rings is 1. The molecule has 1 aromatic carbocycles. The van der Waals surface area contributed by atoms with E-state index in [4.69, 9.17) is 9.52 Å². The molecule has 2 heterocycles. The summed E-state index contributed by atoms with van der Waals surface area (Å²) in [7, 11) is 0. The van der Waals surface area contributed by atoms with Crippen molar-refractivity contribution in [2.24, 2.45) is 0 Å². The second-order valence-electron chi connectivity index (χ2n) is 3.46. The number of carboxylic acid groups (broad SMARTS) is 1. The molecule has 0 aliphatic rings. The predicted octanol–water partition coefficient (Wildman–Crippen LogP) is 2.68. The number of furan rings is 1. The number of benzene rings is 1. The number of rotatable bonds is 1. The smallest absolute Gasteiger partial charge is 0.336 e. The van der Waals surface area contributed by atoms with E-state index >= 15 is 0 Å². The number of aromatic nitrogens is 1. The fourth-order valence-electron chi connectivity index (χ4n) is 1.85. The third-order valence-electron chi connectivity index (χ3n) is 2.53. The van der Waals surface area contributed by atoms with Crippen LogP contribution < -0.4 is 0 Å². The van der Waals surface area contributed by atoms with Gasteiger partial charge in [0.25, 0.3) is 0 Å². The molecule has 3 rings (SSSR count). The molecule has 0 saturated heterocycles. The SMILES string of the molecule is O=C(O)c1cccc2oc3ccncc3c12. The standard InChI is InChI=1S/C12H7NO3/c14-12(15)7-2-1-3-10-11(7)8-6-13-5-4-9(8)16-10/h1-6H,(H,14,15). The second kappa shape index (κ2) is 3.06. The van der Waals surface area contributed by atoms with E-state index < -0.39 is 5.97 Å². The first-order chi connectivity index (χ1) is 7.77. The first-order valence-corrected chi connectivity index (χ1v) is 4.76. The maximum Gasteiger partial charge on any atom is 0.336 e. The lowest BCUT2D eigenvalue weighted by atomic mass is 10.1. The summed E-state index contributed by atoms with van der Waals surface area (Å²) in [5.41, 5.74) is 1.46. The van der Waals surface area contributed by atoms with Crippen molar-refractivity contribution in [3.63, 3.8) is 0 Å². The largest absolute Gasteiger partial charge is 0.478 e. The summed E-state index contributed by atoms with van der Waals surface area (Å²) < 4.78 is 5.54. The summed E-state index contributed by atoms with van der Waals surface area (Å²) in [4.78, 5) is 15.1.